The molecular formula is C18H16F5N7O2S. The van der Waals surface area contributed by atoms with Crippen molar-refractivity contribution in [2.45, 2.75) is 24.6 Å². The Morgan fingerprint density at radius 1 is 1.18 bits per heavy atom. The zero-order chi connectivity index (χ0) is 24.1. The number of pyridine rings is 1. The topological polar surface area (TPSA) is 107 Å². The second-order valence-corrected chi connectivity index (χ2v) is 9.17. The quantitative estimate of drug-likeness (QED) is 0.415. The van der Waals surface area contributed by atoms with Crippen LogP contribution in [0.4, 0.5) is 27.8 Å². The summed E-state index contributed by atoms with van der Waals surface area (Å²) in [6.07, 6.45) is -5.42. The number of anilines is 1. The standard InChI is InChI=1S/C18H16F5N7O2S/c1-3-33(31,32)17-13(15-24-5-4-12(30(15)28-17)25-8-11(19)20)16-27-10-6-9(18(21,22)23)7-26-14(10)29(16)2/h4-7,11,25H,3,8H2,1-2H3. The molecule has 15 heteroatoms. The van der Waals surface area contributed by atoms with Crippen molar-refractivity contribution in [3.63, 3.8) is 0 Å². The first-order valence-corrected chi connectivity index (χ1v) is 11.1. The minimum Gasteiger partial charge on any atom is -0.364 e. The number of sulfone groups is 1. The fraction of sp³-hybridized carbons (Fsp3) is 0.333. The Morgan fingerprint density at radius 2 is 1.91 bits per heavy atom. The predicted molar refractivity (Wildman–Crippen MR) is 108 cm³/mol. The molecule has 0 bridgehead atoms. The molecular weight excluding hydrogens is 473 g/mol. The molecule has 1 N–H and O–H groups in total. The molecule has 4 aromatic rings. The first kappa shape index (κ1) is 22.8. The van der Waals surface area contributed by atoms with Gasteiger partial charge in [-0.15, -0.1) is 0 Å². The molecule has 0 amide bonds. The fourth-order valence-electron chi connectivity index (χ4n) is 3.25. The molecule has 0 spiro atoms. The second kappa shape index (κ2) is 7.90. The number of hydrogen-bond donors (Lipinski definition) is 1. The van der Waals surface area contributed by atoms with Gasteiger partial charge in [0.05, 0.1) is 17.9 Å². The number of halogens is 5. The zero-order valence-corrected chi connectivity index (χ0v) is 17.9. The van der Waals surface area contributed by atoms with Gasteiger partial charge in [-0.2, -0.15) is 22.8 Å². The Balaban J connectivity index is 2.02. The number of nitrogens with zero attached hydrogens (tertiary/aromatic N) is 6. The molecule has 0 saturated carbocycles. The summed E-state index contributed by atoms with van der Waals surface area (Å²) in [5.74, 6) is -0.336. The van der Waals surface area contributed by atoms with Crippen LogP contribution in [0.3, 0.4) is 0 Å². The van der Waals surface area contributed by atoms with Crippen molar-refractivity contribution in [1.29, 1.82) is 0 Å². The van der Waals surface area contributed by atoms with E-state index >= 15 is 0 Å². The summed E-state index contributed by atoms with van der Waals surface area (Å²) in [6.45, 7) is 0.666. The average Bonchev–Trinajstić information content (AvgIpc) is 3.30. The third-order valence-electron chi connectivity index (χ3n) is 4.86. The summed E-state index contributed by atoms with van der Waals surface area (Å²) in [5, 5.41) is 6.12. The van der Waals surface area contributed by atoms with E-state index in [1.807, 2.05) is 0 Å². The van der Waals surface area contributed by atoms with E-state index in [0.717, 1.165) is 10.6 Å². The van der Waals surface area contributed by atoms with Gasteiger partial charge in [0.1, 0.15) is 22.7 Å². The molecule has 4 aromatic heterocycles. The maximum atomic E-state index is 13.1. The highest BCUT2D eigenvalue weighted by molar-refractivity contribution is 7.91. The Bertz CT molecular complexity index is 1460. The first-order valence-electron chi connectivity index (χ1n) is 9.46. The average molecular weight is 489 g/mol. The van der Waals surface area contributed by atoms with E-state index in [1.54, 1.807) is 0 Å². The van der Waals surface area contributed by atoms with Crippen LogP contribution >= 0.6 is 0 Å². The summed E-state index contributed by atoms with van der Waals surface area (Å²) in [7, 11) is -2.52. The first-order chi connectivity index (χ1) is 15.4. The summed E-state index contributed by atoms with van der Waals surface area (Å²) in [6, 6.07) is 2.13. The van der Waals surface area contributed by atoms with Crippen LogP contribution < -0.4 is 5.32 Å². The van der Waals surface area contributed by atoms with E-state index in [0.29, 0.717) is 6.20 Å². The summed E-state index contributed by atoms with van der Waals surface area (Å²) in [4.78, 5) is 12.2. The van der Waals surface area contributed by atoms with Gasteiger partial charge in [0.25, 0.3) is 6.43 Å². The monoisotopic (exact) mass is 489 g/mol. The molecule has 0 aliphatic carbocycles. The number of rotatable bonds is 6. The highest BCUT2D eigenvalue weighted by Gasteiger charge is 2.33. The van der Waals surface area contributed by atoms with Crippen LogP contribution in [0.1, 0.15) is 12.5 Å². The summed E-state index contributed by atoms with van der Waals surface area (Å²) < 4.78 is 92.7. The third-order valence-corrected chi connectivity index (χ3v) is 6.49. The number of aromatic nitrogens is 6. The molecule has 9 nitrogen and oxygen atoms in total. The van der Waals surface area contributed by atoms with Crippen molar-refractivity contribution in [2.24, 2.45) is 7.05 Å². The van der Waals surface area contributed by atoms with Crippen LogP contribution in [0.2, 0.25) is 0 Å². The van der Waals surface area contributed by atoms with Gasteiger partial charge in [-0.3, -0.25) is 0 Å². The Labute approximate surface area is 183 Å². The highest BCUT2D eigenvalue weighted by Crippen LogP contribution is 2.35. The van der Waals surface area contributed by atoms with Gasteiger partial charge in [-0.05, 0) is 12.1 Å². The zero-order valence-electron chi connectivity index (χ0n) is 17.1. The van der Waals surface area contributed by atoms with Gasteiger partial charge in [-0.1, -0.05) is 6.92 Å². The maximum absolute atomic E-state index is 13.1. The molecule has 0 aromatic carbocycles. The lowest BCUT2D eigenvalue weighted by Gasteiger charge is -2.07. The lowest BCUT2D eigenvalue weighted by Crippen LogP contribution is -2.13. The van der Waals surface area contributed by atoms with E-state index in [1.165, 1.54) is 30.8 Å². The van der Waals surface area contributed by atoms with Gasteiger partial charge in [0.2, 0.25) is 0 Å². The fourth-order valence-corrected chi connectivity index (χ4v) is 4.22. The molecule has 0 saturated heterocycles. The van der Waals surface area contributed by atoms with Crippen LogP contribution in [0.25, 0.3) is 28.2 Å². The van der Waals surface area contributed by atoms with Crippen LogP contribution in [-0.4, -0.2) is 56.3 Å². The molecule has 176 valence electrons. The minimum absolute atomic E-state index is 0.0317. The van der Waals surface area contributed by atoms with Crippen LogP contribution in [0.5, 0.6) is 0 Å². The van der Waals surface area contributed by atoms with Gasteiger partial charge < -0.3 is 9.88 Å². The van der Waals surface area contributed by atoms with Gasteiger partial charge in [-0.25, -0.2) is 32.2 Å². The van der Waals surface area contributed by atoms with Crippen LogP contribution in [0.15, 0.2) is 29.6 Å². The van der Waals surface area contributed by atoms with Crippen molar-refractivity contribution < 1.29 is 30.4 Å². The van der Waals surface area contributed by atoms with Crippen LogP contribution in [-0.2, 0) is 23.1 Å². The Hall–Kier alpha value is -3.36. The van der Waals surface area contributed by atoms with E-state index in [9.17, 15) is 30.4 Å². The SMILES string of the molecule is CCS(=O)(=O)c1nn2c(NCC(F)F)ccnc2c1-c1nc2cc(C(F)(F)F)cnc2n1C. The number of hydrogen-bond acceptors (Lipinski definition) is 7. The summed E-state index contributed by atoms with van der Waals surface area (Å²) >= 11 is 0. The highest BCUT2D eigenvalue weighted by atomic mass is 32.2. The minimum atomic E-state index is -4.65. The van der Waals surface area contributed by atoms with Gasteiger partial charge in [0.15, 0.2) is 26.2 Å². The number of aryl methyl sites for hydroxylation is 1. The lowest BCUT2D eigenvalue weighted by molar-refractivity contribution is -0.137. The molecule has 0 unspecified atom stereocenters. The summed E-state index contributed by atoms with van der Waals surface area (Å²) in [5.41, 5.74) is -1.17. The van der Waals surface area contributed by atoms with Crippen molar-refractivity contribution in [2.75, 3.05) is 17.6 Å². The molecule has 0 aliphatic heterocycles. The van der Waals surface area contributed by atoms with Crippen molar-refractivity contribution in [3.8, 4) is 11.4 Å². The molecule has 0 aliphatic rings. The molecule has 4 heterocycles. The molecule has 0 atom stereocenters. The number of imidazole rings is 1. The van der Waals surface area contributed by atoms with E-state index < -0.39 is 39.6 Å². The number of nitrogens with one attached hydrogen (secondary N) is 1. The Kier molecular flexibility index (Phi) is 5.46. The van der Waals surface area contributed by atoms with Crippen molar-refractivity contribution in [3.05, 3.63) is 30.1 Å². The number of alkyl halides is 5. The Morgan fingerprint density at radius 3 is 2.55 bits per heavy atom. The lowest BCUT2D eigenvalue weighted by atomic mass is 10.2. The predicted octanol–water partition coefficient (Wildman–Crippen LogP) is 3.17. The van der Waals surface area contributed by atoms with E-state index in [2.05, 4.69) is 25.4 Å². The molecule has 4 rings (SSSR count). The molecule has 33 heavy (non-hydrogen) atoms. The largest absolute Gasteiger partial charge is 0.417 e. The van der Waals surface area contributed by atoms with Crippen molar-refractivity contribution >= 4 is 32.5 Å². The van der Waals surface area contributed by atoms with Gasteiger partial charge in [0, 0.05) is 19.4 Å². The normalized spacial score (nSPS) is 12.8. The van der Waals surface area contributed by atoms with Crippen LogP contribution in [0, 0.1) is 0 Å². The van der Waals surface area contributed by atoms with E-state index in [-0.39, 0.29) is 39.8 Å². The smallest absolute Gasteiger partial charge is 0.364 e. The van der Waals surface area contributed by atoms with E-state index in [4.69, 9.17) is 0 Å². The second-order valence-electron chi connectivity index (χ2n) is 6.98. The van der Waals surface area contributed by atoms with Gasteiger partial charge >= 0.3 is 6.18 Å². The third kappa shape index (κ3) is 3.96. The molecule has 0 fully saturated rings. The number of fused-ring (bicyclic) bond motifs is 2. The van der Waals surface area contributed by atoms with Crippen molar-refractivity contribution in [1.82, 2.24) is 29.1 Å². The molecule has 0 radical (unpaired) electrons. The maximum Gasteiger partial charge on any atom is 0.417 e.